The number of aliphatic imine (C=N–C) groups is 1. The predicted molar refractivity (Wildman–Crippen MR) is 94.7 cm³/mol. The highest BCUT2D eigenvalue weighted by Gasteiger charge is 1.97. The third-order valence-corrected chi connectivity index (χ3v) is 2.64. The Morgan fingerprint density at radius 3 is 2.00 bits per heavy atom. The summed E-state index contributed by atoms with van der Waals surface area (Å²) in [6.45, 7) is 11.1. The number of nitrogens with one attached hydrogen (secondary N) is 2. The fourth-order valence-corrected chi connectivity index (χ4v) is 2.02. The average Bonchev–Trinajstić information content (AvgIpc) is 2.28. The van der Waals surface area contributed by atoms with Crippen LogP contribution in [0.3, 0.4) is 0 Å². The van der Waals surface area contributed by atoms with Gasteiger partial charge in [0.05, 0.1) is 0 Å². The lowest BCUT2D eigenvalue weighted by Gasteiger charge is -2.09. The van der Waals surface area contributed by atoms with Gasteiger partial charge < -0.3 is 10.6 Å². The van der Waals surface area contributed by atoms with Crippen LogP contribution >= 0.6 is 24.0 Å². The molecule has 0 heterocycles. The van der Waals surface area contributed by atoms with E-state index in [0.29, 0.717) is 0 Å². The fourth-order valence-electron chi connectivity index (χ4n) is 2.02. The van der Waals surface area contributed by atoms with Gasteiger partial charge in [-0.1, -0.05) is 29.3 Å². The van der Waals surface area contributed by atoms with Gasteiger partial charge in [0.15, 0.2) is 5.96 Å². The summed E-state index contributed by atoms with van der Waals surface area (Å²) >= 11 is 0. The van der Waals surface area contributed by atoms with Crippen molar-refractivity contribution in [2.45, 2.75) is 34.1 Å². The molecule has 0 aromatic heterocycles. The van der Waals surface area contributed by atoms with Crippen LogP contribution in [0.5, 0.6) is 0 Å². The Morgan fingerprint density at radius 1 is 1.00 bits per heavy atom. The van der Waals surface area contributed by atoms with Crippen molar-refractivity contribution in [3.8, 4) is 0 Å². The van der Waals surface area contributed by atoms with Crippen LogP contribution < -0.4 is 10.6 Å². The normalized spacial score (nSPS) is 9.47. The van der Waals surface area contributed by atoms with E-state index in [9.17, 15) is 0 Å². The lowest BCUT2D eigenvalue weighted by Crippen LogP contribution is -2.37. The Labute approximate surface area is 134 Å². The maximum Gasteiger partial charge on any atom is 0.191 e. The predicted octanol–water partition coefficient (Wildman–Crippen LogP) is 3.04. The summed E-state index contributed by atoms with van der Waals surface area (Å²) in [6, 6.07) is 6.68. The van der Waals surface area contributed by atoms with Gasteiger partial charge >= 0.3 is 0 Å². The van der Waals surface area contributed by atoms with Gasteiger partial charge in [0.2, 0.25) is 0 Å². The Balaban J connectivity index is 0.00000324. The summed E-state index contributed by atoms with van der Waals surface area (Å²) < 4.78 is 0. The molecule has 0 unspecified atom stereocenters. The Kier molecular flexibility index (Phi) is 9.65. The molecule has 0 aliphatic carbocycles. The van der Waals surface area contributed by atoms with Crippen LogP contribution in [0, 0.1) is 13.8 Å². The first kappa shape index (κ1) is 18.2. The maximum absolute atomic E-state index is 4.55. The number of guanidine groups is 1. The van der Waals surface area contributed by atoms with Crippen molar-refractivity contribution in [3.63, 3.8) is 0 Å². The number of nitrogens with zero attached hydrogens (tertiary/aromatic N) is 1. The molecule has 0 bridgehead atoms. The van der Waals surface area contributed by atoms with E-state index in [1.54, 1.807) is 0 Å². The van der Waals surface area contributed by atoms with Crippen LogP contribution in [0.1, 0.15) is 30.5 Å². The van der Waals surface area contributed by atoms with Crippen molar-refractivity contribution in [1.29, 1.82) is 0 Å². The third-order valence-electron chi connectivity index (χ3n) is 2.64. The Hall–Kier alpha value is -0.780. The second kappa shape index (κ2) is 10.1. The highest BCUT2D eigenvalue weighted by molar-refractivity contribution is 14.0. The molecule has 0 aliphatic heterocycles. The van der Waals surface area contributed by atoms with E-state index in [0.717, 1.165) is 32.0 Å². The Bertz CT molecular complexity index is 374. The first-order valence-electron chi connectivity index (χ1n) is 6.75. The van der Waals surface area contributed by atoms with Crippen molar-refractivity contribution in [2.24, 2.45) is 4.99 Å². The molecular formula is C15H26IN3. The van der Waals surface area contributed by atoms with Crippen molar-refractivity contribution in [2.75, 3.05) is 19.6 Å². The summed E-state index contributed by atoms with van der Waals surface area (Å²) in [5, 5.41) is 6.46. The van der Waals surface area contributed by atoms with E-state index in [-0.39, 0.29) is 24.0 Å². The summed E-state index contributed by atoms with van der Waals surface area (Å²) in [5.74, 6) is 0.907. The Morgan fingerprint density at radius 2 is 1.53 bits per heavy atom. The minimum Gasteiger partial charge on any atom is -0.357 e. The highest BCUT2D eigenvalue weighted by Crippen LogP contribution is 2.09. The molecule has 0 fully saturated rings. The van der Waals surface area contributed by atoms with Crippen molar-refractivity contribution < 1.29 is 0 Å². The van der Waals surface area contributed by atoms with Crippen LogP contribution in [0.15, 0.2) is 23.2 Å². The van der Waals surface area contributed by atoms with E-state index < -0.39 is 0 Å². The number of benzene rings is 1. The number of aryl methyl sites for hydroxylation is 2. The zero-order valence-corrected chi connectivity index (χ0v) is 14.7. The molecule has 3 nitrogen and oxygen atoms in total. The molecule has 0 radical (unpaired) electrons. The quantitative estimate of drug-likeness (QED) is 0.472. The molecule has 0 saturated heterocycles. The zero-order valence-electron chi connectivity index (χ0n) is 12.4. The van der Waals surface area contributed by atoms with Gasteiger partial charge in [0.1, 0.15) is 0 Å². The monoisotopic (exact) mass is 375 g/mol. The summed E-state index contributed by atoms with van der Waals surface area (Å²) in [7, 11) is 0. The number of hydrogen-bond acceptors (Lipinski definition) is 1. The van der Waals surface area contributed by atoms with E-state index >= 15 is 0 Å². The van der Waals surface area contributed by atoms with Gasteiger partial charge in [-0.2, -0.15) is 0 Å². The maximum atomic E-state index is 4.55. The smallest absolute Gasteiger partial charge is 0.191 e. The van der Waals surface area contributed by atoms with Crippen molar-refractivity contribution in [3.05, 3.63) is 34.9 Å². The van der Waals surface area contributed by atoms with Crippen LogP contribution in [-0.2, 0) is 6.42 Å². The fraction of sp³-hybridized carbons (Fsp3) is 0.533. The molecule has 1 rings (SSSR count). The largest absolute Gasteiger partial charge is 0.357 e. The van der Waals surface area contributed by atoms with Crippen molar-refractivity contribution in [1.82, 2.24) is 10.6 Å². The molecule has 0 atom stereocenters. The third kappa shape index (κ3) is 7.40. The van der Waals surface area contributed by atoms with Gasteiger partial charge in [-0.15, -0.1) is 24.0 Å². The second-order valence-corrected chi connectivity index (χ2v) is 4.54. The lowest BCUT2D eigenvalue weighted by molar-refractivity contribution is 0.833. The molecule has 2 N–H and O–H groups in total. The molecule has 0 aliphatic rings. The molecule has 1 aromatic carbocycles. The van der Waals surface area contributed by atoms with E-state index in [1.165, 1.54) is 16.7 Å². The van der Waals surface area contributed by atoms with Crippen LogP contribution in [0.25, 0.3) is 0 Å². The zero-order chi connectivity index (χ0) is 13.4. The van der Waals surface area contributed by atoms with E-state index in [4.69, 9.17) is 0 Å². The van der Waals surface area contributed by atoms with Crippen LogP contribution in [-0.4, -0.2) is 25.6 Å². The molecular weight excluding hydrogens is 349 g/mol. The molecule has 108 valence electrons. The molecule has 1 aromatic rings. The SMILES string of the molecule is CCNC(=NCCc1cc(C)cc(C)c1)NCC.I. The van der Waals surface area contributed by atoms with E-state index in [1.807, 2.05) is 0 Å². The van der Waals surface area contributed by atoms with Gasteiger partial charge in [-0.25, -0.2) is 0 Å². The first-order valence-corrected chi connectivity index (χ1v) is 6.75. The second-order valence-electron chi connectivity index (χ2n) is 4.54. The minimum absolute atomic E-state index is 0. The van der Waals surface area contributed by atoms with Gasteiger partial charge in [-0.3, -0.25) is 4.99 Å². The number of rotatable bonds is 5. The van der Waals surface area contributed by atoms with Gasteiger partial charge in [0, 0.05) is 19.6 Å². The molecule has 0 amide bonds. The van der Waals surface area contributed by atoms with Gasteiger partial charge in [-0.05, 0) is 39.7 Å². The minimum atomic E-state index is 0. The first-order chi connectivity index (χ1) is 8.65. The van der Waals surface area contributed by atoms with Crippen LogP contribution in [0.2, 0.25) is 0 Å². The number of hydrogen-bond donors (Lipinski definition) is 2. The average molecular weight is 375 g/mol. The molecule has 4 heteroatoms. The summed E-state index contributed by atoms with van der Waals surface area (Å²) in [4.78, 5) is 4.55. The highest BCUT2D eigenvalue weighted by atomic mass is 127. The number of halogens is 1. The van der Waals surface area contributed by atoms with Gasteiger partial charge in [0.25, 0.3) is 0 Å². The van der Waals surface area contributed by atoms with E-state index in [2.05, 4.69) is 61.5 Å². The molecule has 19 heavy (non-hydrogen) atoms. The lowest BCUT2D eigenvalue weighted by atomic mass is 10.1. The topological polar surface area (TPSA) is 36.4 Å². The summed E-state index contributed by atoms with van der Waals surface area (Å²) in [5.41, 5.74) is 4.02. The molecule has 0 saturated carbocycles. The van der Waals surface area contributed by atoms with Crippen molar-refractivity contribution >= 4 is 29.9 Å². The van der Waals surface area contributed by atoms with Crippen LogP contribution in [0.4, 0.5) is 0 Å². The summed E-state index contributed by atoms with van der Waals surface area (Å²) in [6.07, 6.45) is 0.989. The standard InChI is InChI=1S/C15H25N3.HI/c1-5-16-15(17-6-2)18-8-7-14-10-12(3)9-13(4)11-14;/h9-11H,5-8H2,1-4H3,(H2,16,17,18);1H. The molecule has 0 spiro atoms.